The molecule has 1 N–H and O–H groups in total. The molecule has 1 aliphatic rings. The summed E-state index contributed by atoms with van der Waals surface area (Å²) in [6, 6.07) is 15.1. The minimum Gasteiger partial charge on any atom is -0.282 e. The van der Waals surface area contributed by atoms with E-state index in [1.165, 1.54) is 28.4 Å². The van der Waals surface area contributed by atoms with Gasteiger partial charge in [0, 0.05) is 17.1 Å². The Morgan fingerprint density at radius 3 is 2.35 bits per heavy atom. The number of nitrogens with one attached hydrogen (secondary N) is 1. The van der Waals surface area contributed by atoms with Gasteiger partial charge in [0.1, 0.15) is 0 Å². The maximum Gasteiger partial charge on any atom is 0.290 e. The Morgan fingerprint density at radius 1 is 0.962 bits per heavy atom. The second-order valence-corrected chi connectivity index (χ2v) is 8.40. The molecule has 0 unspecified atom stereocenters. The third-order valence-electron chi connectivity index (χ3n) is 3.94. The maximum absolute atomic E-state index is 13.0. The van der Waals surface area contributed by atoms with Crippen LogP contribution >= 0.6 is 11.8 Å². The van der Waals surface area contributed by atoms with Crippen molar-refractivity contribution in [2.45, 2.75) is 4.90 Å². The predicted octanol–water partition coefficient (Wildman–Crippen LogP) is 3.20. The van der Waals surface area contributed by atoms with Gasteiger partial charge in [0.05, 0.1) is 15.3 Å². The van der Waals surface area contributed by atoms with Crippen LogP contribution in [0.2, 0.25) is 0 Å². The lowest BCUT2D eigenvalue weighted by Crippen LogP contribution is -2.17. The second-order valence-electron chi connectivity index (χ2n) is 5.57. The Morgan fingerprint density at radius 2 is 1.65 bits per heavy atom. The van der Waals surface area contributed by atoms with E-state index in [1.807, 2.05) is 0 Å². The summed E-state index contributed by atoms with van der Waals surface area (Å²) >= 11 is 0.793. The van der Waals surface area contributed by atoms with Crippen LogP contribution in [0.5, 0.6) is 0 Å². The van der Waals surface area contributed by atoms with Crippen molar-refractivity contribution in [2.75, 3.05) is 0 Å². The van der Waals surface area contributed by atoms with E-state index in [4.69, 9.17) is 0 Å². The first kappa shape index (κ1) is 16.6. The van der Waals surface area contributed by atoms with Gasteiger partial charge in [0.25, 0.3) is 21.2 Å². The maximum atomic E-state index is 13.0. The van der Waals surface area contributed by atoms with Gasteiger partial charge in [-0.1, -0.05) is 36.4 Å². The van der Waals surface area contributed by atoms with Crippen molar-refractivity contribution in [1.82, 2.24) is 9.29 Å². The minimum atomic E-state index is -3.79. The molecule has 0 atom stereocenters. The quantitative estimate of drug-likeness (QED) is 0.701. The number of imide groups is 1. The number of benzene rings is 2. The molecule has 0 bridgehead atoms. The average molecular weight is 384 g/mol. The van der Waals surface area contributed by atoms with Gasteiger partial charge in [-0.2, -0.15) is 0 Å². The first-order chi connectivity index (χ1) is 12.5. The summed E-state index contributed by atoms with van der Waals surface area (Å²) in [6.45, 7) is 0. The summed E-state index contributed by atoms with van der Waals surface area (Å²) < 4.78 is 27.2. The molecule has 1 aliphatic heterocycles. The molecule has 1 saturated heterocycles. The van der Waals surface area contributed by atoms with Crippen molar-refractivity contribution in [3.63, 3.8) is 0 Å². The van der Waals surface area contributed by atoms with Crippen molar-refractivity contribution in [3.05, 3.63) is 71.3 Å². The van der Waals surface area contributed by atoms with Crippen LogP contribution in [0.4, 0.5) is 4.79 Å². The molecule has 0 saturated carbocycles. The van der Waals surface area contributed by atoms with E-state index in [0.717, 1.165) is 11.8 Å². The fourth-order valence-electron chi connectivity index (χ4n) is 2.76. The predicted molar refractivity (Wildman–Crippen MR) is 100 cm³/mol. The number of aromatic nitrogens is 1. The van der Waals surface area contributed by atoms with Crippen LogP contribution < -0.4 is 5.32 Å². The van der Waals surface area contributed by atoms with E-state index in [1.54, 1.807) is 42.5 Å². The number of carbonyl (C=O) groups excluding carboxylic acids is 2. The molecule has 2 aromatic carbocycles. The molecule has 0 aliphatic carbocycles. The molecule has 3 aromatic rings. The van der Waals surface area contributed by atoms with Crippen LogP contribution in [0.3, 0.4) is 0 Å². The summed E-state index contributed by atoms with van der Waals surface area (Å²) in [6.07, 6.45) is 3.00. The van der Waals surface area contributed by atoms with Crippen molar-refractivity contribution in [1.29, 1.82) is 0 Å². The van der Waals surface area contributed by atoms with Crippen molar-refractivity contribution >= 4 is 49.9 Å². The Labute approximate surface area is 153 Å². The van der Waals surface area contributed by atoms with E-state index >= 15 is 0 Å². The van der Waals surface area contributed by atoms with Crippen LogP contribution in [0.1, 0.15) is 5.56 Å². The summed E-state index contributed by atoms with van der Waals surface area (Å²) in [5.41, 5.74) is 1.05. The van der Waals surface area contributed by atoms with Gasteiger partial charge in [0.15, 0.2) is 0 Å². The Balaban J connectivity index is 1.92. The smallest absolute Gasteiger partial charge is 0.282 e. The first-order valence-corrected chi connectivity index (χ1v) is 9.88. The van der Waals surface area contributed by atoms with Gasteiger partial charge in [-0.3, -0.25) is 14.9 Å². The van der Waals surface area contributed by atoms with Crippen LogP contribution in [-0.4, -0.2) is 23.5 Å². The molecule has 1 fully saturated rings. The Hall–Kier alpha value is -2.84. The van der Waals surface area contributed by atoms with Gasteiger partial charge in [0.2, 0.25) is 0 Å². The van der Waals surface area contributed by atoms with Crippen molar-refractivity contribution < 1.29 is 18.0 Å². The number of hydrogen-bond donors (Lipinski definition) is 1. The number of nitrogens with zero attached hydrogens (tertiary/aromatic N) is 1. The zero-order chi connectivity index (χ0) is 18.3. The standard InChI is InChI=1S/C18H12N2O4S2/c21-17-16(25-18(22)19-17)10-12-11-20(15-9-5-4-8-14(12)15)26(23,24)13-6-2-1-3-7-13/h1-11H,(H,19,21,22)/b16-10-. The highest BCUT2D eigenvalue weighted by Crippen LogP contribution is 2.31. The van der Waals surface area contributed by atoms with E-state index in [0.29, 0.717) is 16.5 Å². The lowest BCUT2D eigenvalue weighted by Gasteiger charge is -2.07. The largest absolute Gasteiger partial charge is 0.290 e. The monoisotopic (exact) mass is 384 g/mol. The van der Waals surface area contributed by atoms with Crippen molar-refractivity contribution in [3.8, 4) is 0 Å². The highest BCUT2D eigenvalue weighted by Gasteiger charge is 2.26. The molecule has 2 heterocycles. The lowest BCUT2D eigenvalue weighted by molar-refractivity contribution is -0.115. The molecule has 6 nitrogen and oxygen atoms in total. The summed E-state index contributed by atoms with van der Waals surface area (Å²) in [4.78, 5) is 23.6. The third-order valence-corrected chi connectivity index (χ3v) is 6.44. The molecule has 2 amide bonds. The van der Waals surface area contributed by atoms with Crippen molar-refractivity contribution in [2.24, 2.45) is 0 Å². The molecule has 0 radical (unpaired) electrons. The molecule has 0 spiro atoms. The molecule has 130 valence electrons. The van der Waals surface area contributed by atoms with E-state index < -0.39 is 21.2 Å². The Bertz CT molecular complexity index is 1180. The normalized spacial score (nSPS) is 16.4. The number of carbonyl (C=O) groups is 2. The minimum absolute atomic E-state index is 0.170. The van der Waals surface area contributed by atoms with Gasteiger partial charge in [-0.25, -0.2) is 12.4 Å². The van der Waals surface area contributed by atoms with E-state index in [9.17, 15) is 18.0 Å². The summed E-state index contributed by atoms with van der Waals surface area (Å²) in [5, 5.41) is 2.42. The first-order valence-electron chi connectivity index (χ1n) is 7.62. The van der Waals surface area contributed by atoms with Crippen LogP contribution in [-0.2, 0) is 14.8 Å². The third kappa shape index (κ3) is 2.73. The number of para-hydroxylation sites is 1. The summed E-state index contributed by atoms with van der Waals surface area (Å²) in [5.74, 6) is -0.484. The zero-order valence-electron chi connectivity index (χ0n) is 13.2. The van der Waals surface area contributed by atoms with E-state index in [2.05, 4.69) is 5.32 Å². The number of fused-ring (bicyclic) bond motifs is 1. The molecular weight excluding hydrogens is 372 g/mol. The van der Waals surface area contributed by atoms with E-state index in [-0.39, 0.29) is 9.80 Å². The number of rotatable bonds is 3. The van der Waals surface area contributed by atoms with Crippen LogP contribution in [0.25, 0.3) is 17.0 Å². The fraction of sp³-hybridized carbons (Fsp3) is 0. The van der Waals surface area contributed by atoms with Gasteiger partial charge in [-0.15, -0.1) is 0 Å². The molecule has 4 rings (SSSR count). The van der Waals surface area contributed by atoms with Crippen LogP contribution in [0, 0.1) is 0 Å². The Kier molecular flexibility index (Phi) is 3.93. The molecule has 26 heavy (non-hydrogen) atoms. The van der Waals surface area contributed by atoms with Gasteiger partial charge in [-0.05, 0) is 36.0 Å². The number of amides is 2. The number of hydrogen-bond acceptors (Lipinski definition) is 5. The summed E-state index contributed by atoms with van der Waals surface area (Å²) in [7, 11) is -3.79. The number of thioether (sulfide) groups is 1. The van der Waals surface area contributed by atoms with Crippen LogP contribution in [0.15, 0.2) is 70.6 Å². The highest BCUT2D eigenvalue weighted by atomic mass is 32.2. The van der Waals surface area contributed by atoms with Gasteiger partial charge >= 0.3 is 0 Å². The lowest BCUT2D eigenvalue weighted by atomic mass is 10.1. The average Bonchev–Trinajstić information content (AvgIpc) is 3.16. The fourth-order valence-corrected chi connectivity index (χ4v) is 4.83. The second kappa shape index (κ2) is 6.15. The highest BCUT2D eigenvalue weighted by molar-refractivity contribution is 8.18. The topological polar surface area (TPSA) is 85.2 Å². The SMILES string of the molecule is O=C1NC(=O)/C(=C/c2cn(S(=O)(=O)c3ccccc3)c3ccccc23)S1. The molecular formula is C18H12N2O4S2. The molecule has 8 heteroatoms. The molecule has 1 aromatic heterocycles. The van der Waals surface area contributed by atoms with Gasteiger partial charge < -0.3 is 0 Å². The zero-order valence-corrected chi connectivity index (χ0v) is 14.9.